The summed E-state index contributed by atoms with van der Waals surface area (Å²) in [6.07, 6.45) is 0.737. The number of rotatable bonds is 7. The van der Waals surface area contributed by atoms with E-state index in [9.17, 15) is 9.59 Å². The van der Waals surface area contributed by atoms with Crippen LogP contribution in [0.4, 0.5) is 5.69 Å². The van der Waals surface area contributed by atoms with E-state index >= 15 is 0 Å². The van der Waals surface area contributed by atoms with Crippen molar-refractivity contribution in [2.24, 2.45) is 0 Å². The Labute approximate surface area is 146 Å². The zero-order valence-corrected chi connectivity index (χ0v) is 15.0. The predicted molar refractivity (Wildman–Crippen MR) is 95.7 cm³/mol. The van der Waals surface area contributed by atoms with Crippen LogP contribution in [0, 0.1) is 0 Å². The lowest BCUT2D eigenvalue weighted by Gasteiger charge is -2.16. The van der Waals surface area contributed by atoms with Crippen LogP contribution in [0.5, 0.6) is 17.2 Å². The molecular weight excluding hydrogens is 322 g/mol. The van der Waals surface area contributed by atoms with E-state index in [1.165, 1.54) is 21.3 Å². The fourth-order valence-electron chi connectivity index (χ4n) is 2.58. The van der Waals surface area contributed by atoms with Crippen LogP contribution in [-0.4, -0.2) is 47.5 Å². The summed E-state index contributed by atoms with van der Waals surface area (Å²) >= 11 is 0. The lowest BCUT2D eigenvalue weighted by molar-refractivity contribution is 0.103. The van der Waals surface area contributed by atoms with Gasteiger partial charge in [-0.25, -0.2) is 0 Å². The van der Waals surface area contributed by atoms with Crippen LogP contribution in [-0.2, 0) is 0 Å². The van der Waals surface area contributed by atoms with Crippen molar-refractivity contribution in [1.29, 1.82) is 0 Å². The number of aldehydes is 1. The maximum absolute atomic E-state index is 12.9. The van der Waals surface area contributed by atoms with Crippen LogP contribution in [0.25, 0.3) is 0 Å². The first-order chi connectivity index (χ1) is 12.0. The van der Waals surface area contributed by atoms with E-state index in [1.807, 2.05) is 19.0 Å². The Hall–Kier alpha value is -3.02. The topological polar surface area (TPSA) is 65.1 Å². The molecule has 0 fully saturated rings. The summed E-state index contributed by atoms with van der Waals surface area (Å²) in [7, 11) is 8.15. The highest BCUT2D eigenvalue weighted by atomic mass is 16.5. The smallest absolute Gasteiger partial charge is 0.203 e. The third-order valence-electron chi connectivity index (χ3n) is 3.83. The van der Waals surface area contributed by atoms with Crippen molar-refractivity contribution in [3.8, 4) is 17.2 Å². The van der Waals surface area contributed by atoms with Crippen LogP contribution in [0.1, 0.15) is 26.3 Å². The fraction of sp³-hybridized carbons (Fsp3) is 0.263. The summed E-state index contributed by atoms with van der Waals surface area (Å²) in [5.74, 6) is 0.960. The first kappa shape index (κ1) is 18.3. The van der Waals surface area contributed by atoms with E-state index in [-0.39, 0.29) is 5.78 Å². The molecule has 0 atom stereocenters. The summed E-state index contributed by atoms with van der Waals surface area (Å²) in [4.78, 5) is 26.0. The Morgan fingerprint density at radius 1 is 0.920 bits per heavy atom. The van der Waals surface area contributed by atoms with Crippen molar-refractivity contribution in [3.63, 3.8) is 0 Å². The second-order valence-electron chi connectivity index (χ2n) is 5.53. The third kappa shape index (κ3) is 3.57. The fourth-order valence-corrected chi connectivity index (χ4v) is 2.58. The predicted octanol–water partition coefficient (Wildman–Crippen LogP) is 2.82. The molecule has 6 heteroatoms. The van der Waals surface area contributed by atoms with E-state index in [2.05, 4.69) is 0 Å². The SMILES string of the molecule is COc1cc(C(=O)c2ccc(N(C)C)c(C=O)c2)cc(OC)c1OC. The molecule has 2 aromatic rings. The molecule has 0 heterocycles. The lowest BCUT2D eigenvalue weighted by Crippen LogP contribution is -2.12. The monoisotopic (exact) mass is 343 g/mol. The molecule has 0 saturated heterocycles. The number of nitrogens with zero attached hydrogens (tertiary/aromatic N) is 1. The summed E-state index contributed by atoms with van der Waals surface area (Å²) in [5, 5.41) is 0. The molecule has 0 spiro atoms. The van der Waals surface area contributed by atoms with Gasteiger partial charge in [0.1, 0.15) is 0 Å². The normalized spacial score (nSPS) is 10.1. The van der Waals surface area contributed by atoms with Crippen LogP contribution in [0.3, 0.4) is 0 Å². The Kier molecular flexibility index (Phi) is 5.64. The molecule has 0 amide bonds. The van der Waals surface area contributed by atoms with Gasteiger partial charge in [-0.1, -0.05) is 0 Å². The van der Waals surface area contributed by atoms with Crippen LogP contribution in [0.15, 0.2) is 30.3 Å². The molecule has 0 aliphatic carbocycles. The first-order valence-corrected chi connectivity index (χ1v) is 7.58. The number of ether oxygens (including phenoxy) is 3. The average Bonchev–Trinajstić information content (AvgIpc) is 2.65. The highest BCUT2D eigenvalue weighted by Crippen LogP contribution is 2.38. The minimum Gasteiger partial charge on any atom is -0.493 e. The van der Waals surface area contributed by atoms with Crippen molar-refractivity contribution < 1.29 is 23.8 Å². The van der Waals surface area contributed by atoms with E-state index < -0.39 is 0 Å². The minimum atomic E-state index is -0.243. The maximum Gasteiger partial charge on any atom is 0.203 e. The van der Waals surface area contributed by atoms with Crippen LogP contribution < -0.4 is 19.1 Å². The van der Waals surface area contributed by atoms with Crippen molar-refractivity contribution >= 4 is 17.8 Å². The van der Waals surface area contributed by atoms with Gasteiger partial charge in [-0.3, -0.25) is 9.59 Å². The number of anilines is 1. The Balaban J connectivity index is 2.52. The molecule has 0 aliphatic heterocycles. The Morgan fingerprint density at radius 3 is 1.96 bits per heavy atom. The van der Waals surface area contributed by atoms with Crippen molar-refractivity contribution in [1.82, 2.24) is 0 Å². The number of methoxy groups -OCH3 is 3. The Morgan fingerprint density at radius 2 is 1.52 bits per heavy atom. The van der Waals surface area contributed by atoms with Gasteiger partial charge < -0.3 is 19.1 Å². The molecule has 25 heavy (non-hydrogen) atoms. The molecule has 132 valence electrons. The quantitative estimate of drug-likeness (QED) is 0.569. The molecular formula is C19H21NO5. The van der Waals surface area contributed by atoms with Crippen molar-refractivity contribution in [2.75, 3.05) is 40.3 Å². The maximum atomic E-state index is 12.9. The molecule has 0 saturated carbocycles. The van der Waals surface area contributed by atoms with Gasteiger partial charge in [-0.15, -0.1) is 0 Å². The van der Waals surface area contributed by atoms with E-state index in [0.29, 0.717) is 33.9 Å². The molecule has 6 nitrogen and oxygen atoms in total. The highest BCUT2D eigenvalue weighted by Gasteiger charge is 2.19. The van der Waals surface area contributed by atoms with Crippen LogP contribution in [0.2, 0.25) is 0 Å². The largest absolute Gasteiger partial charge is 0.493 e. The van der Waals surface area contributed by atoms with Gasteiger partial charge in [0.05, 0.1) is 21.3 Å². The number of hydrogen-bond donors (Lipinski definition) is 0. The number of carbonyl (C=O) groups excluding carboxylic acids is 2. The summed E-state index contributed by atoms with van der Waals surface area (Å²) in [6, 6.07) is 8.19. The first-order valence-electron chi connectivity index (χ1n) is 7.58. The van der Waals surface area contributed by atoms with E-state index in [4.69, 9.17) is 14.2 Å². The van der Waals surface area contributed by atoms with E-state index in [0.717, 1.165) is 12.0 Å². The van der Waals surface area contributed by atoms with Gasteiger partial charge in [0, 0.05) is 36.5 Å². The molecule has 0 N–H and O–H groups in total. The zero-order chi connectivity index (χ0) is 18.6. The molecule has 0 aliphatic rings. The van der Waals surface area contributed by atoms with Gasteiger partial charge in [0.2, 0.25) is 5.75 Å². The number of benzene rings is 2. The zero-order valence-electron chi connectivity index (χ0n) is 15.0. The van der Waals surface area contributed by atoms with Gasteiger partial charge in [-0.2, -0.15) is 0 Å². The van der Waals surface area contributed by atoms with Crippen molar-refractivity contribution in [3.05, 3.63) is 47.0 Å². The number of carbonyl (C=O) groups is 2. The standard InChI is InChI=1S/C19H21NO5/c1-20(2)15-7-6-12(8-14(15)11-21)18(22)13-9-16(23-3)19(25-5)17(10-13)24-4/h6-11H,1-5H3. The van der Waals surface area contributed by atoms with Crippen molar-refractivity contribution in [2.45, 2.75) is 0 Å². The summed E-state index contributed by atoms with van der Waals surface area (Å²) < 4.78 is 15.8. The van der Waals surface area contributed by atoms with Crippen LogP contribution >= 0.6 is 0 Å². The lowest BCUT2D eigenvalue weighted by atomic mass is 9.99. The van der Waals surface area contributed by atoms with Gasteiger partial charge in [0.15, 0.2) is 23.6 Å². The number of ketones is 1. The minimum absolute atomic E-state index is 0.243. The summed E-state index contributed by atoms with van der Waals surface area (Å²) in [5.41, 5.74) is 1.98. The molecule has 2 rings (SSSR count). The summed E-state index contributed by atoms with van der Waals surface area (Å²) in [6.45, 7) is 0. The third-order valence-corrected chi connectivity index (χ3v) is 3.83. The van der Waals surface area contributed by atoms with Gasteiger partial charge >= 0.3 is 0 Å². The highest BCUT2D eigenvalue weighted by molar-refractivity contribution is 6.10. The molecule has 0 radical (unpaired) electrons. The second-order valence-corrected chi connectivity index (χ2v) is 5.53. The van der Waals surface area contributed by atoms with Gasteiger partial charge in [-0.05, 0) is 30.3 Å². The molecule has 0 aromatic heterocycles. The van der Waals surface area contributed by atoms with E-state index in [1.54, 1.807) is 30.3 Å². The Bertz CT molecular complexity index is 773. The molecule has 0 bridgehead atoms. The number of hydrogen-bond acceptors (Lipinski definition) is 6. The average molecular weight is 343 g/mol. The molecule has 0 unspecified atom stereocenters. The second kappa shape index (κ2) is 7.70. The molecule has 2 aromatic carbocycles. The van der Waals surface area contributed by atoms with Gasteiger partial charge in [0.25, 0.3) is 0 Å².